The van der Waals surface area contributed by atoms with Gasteiger partial charge in [0, 0.05) is 6.42 Å². The van der Waals surface area contributed by atoms with Crippen molar-refractivity contribution in [2.24, 2.45) is 0 Å². The number of hydrogen-bond acceptors (Lipinski definition) is 3. The van der Waals surface area contributed by atoms with Crippen LogP contribution in [0.5, 0.6) is 0 Å². The van der Waals surface area contributed by atoms with Gasteiger partial charge in [0.15, 0.2) is 6.10 Å². The minimum absolute atomic E-state index is 0.225. The van der Waals surface area contributed by atoms with Crippen molar-refractivity contribution in [1.82, 2.24) is 0 Å². The van der Waals surface area contributed by atoms with Crippen LogP contribution in [0.2, 0.25) is 0 Å². The fourth-order valence-electron chi connectivity index (χ4n) is 2.88. The monoisotopic (exact) mass is 332 g/mol. The molecule has 0 amide bonds. The number of benzene rings is 3. The van der Waals surface area contributed by atoms with E-state index < -0.39 is 12.1 Å². The van der Waals surface area contributed by atoms with Crippen LogP contribution >= 0.6 is 0 Å². The van der Waals surface area contributed by atoms with Gasteiger partial charge in [-0.2, -0.15) is 0 Å². The summed E-state index contributed by atoms with van der Waals surface area (Å²) >= 11 is 0. The Morgan fingerprint density at radius 1 is 0.840 bits per heavy atom. The summed E-state index contributed by atoms with van der Waals surface area (Å²) in [7, 11) is 1.28. The van der Waals surface area contributed by atoms with Gasteiger partial charge in [0.05, 0.1) is 7.11 Å². The minimum atomic E-state index is -1.16. The standard InChI is InChI=1S/C22H20O3/c1-25-22(24)21(23)15-19-9-5-6-10-20(19)18-13-11-17(12-14-18)16-7-3-2-4-8-16/h2-14,21,23H,15H2,1H3. The van der Waals surface area contributed by atoms with Gasteiger partial charge in [0.2, 0.25) is 0 Å². The molecule has 0 saturated carbocycles. The fraction of sp³-hybridized carbons (Fsp3) is 0.136. The molecule has 0 bridgehead atoms. The van der Waals surface area contributed by atoms with Crippen molar-refractivity contribution in [3.8, 4) is 22.3 Å². The van der Waals surface area contributed by atoms with Crippen molar-refractivity contribution in [1.29, 1.82) is 0 Å². The Hall–Kier alpha value is -2.91. The molecule has 1 atom stereocenters. The predicted molar refractivity (Wildman–Crippen MR) is 99.0 cm³/mol. The van der Waals surface area contributed by atoms with Crippen molar-refractivity contribution in [3.63, 3.8) is 0 Å². The third-order valence-corrected chi connectivity index (χ3v) is 4.21. The highest BCUT2D eigenvalue weighted by Crippen LogP contribution is 2.28. The molecule has 0 aromatic heterocycles. The highest BCUT2D eigenvalue weighted by atomic mass is 16.5. The van der Waals surface area contributed by atoms with Crippen LogP contribution in [0.25, 0.3) is 22.3 Å². The molecule has 1 N–H and O–H groups in total. The highest BCUT2D eigenvalue weighted by molar-refractivity contribution is 5.76. The molecule has 0 saturated heterocycles. The first-order valence-electron chi connectivity index (χ1n) is 8.18. The molecule has 0 spiro atoms. The first-order chi connectivity index (χ1) is 12.2. The molecule has 3 heteroatoms. The van der Waals surface area contributed by atoms with Crippen molar-refractivity contribution < 1.29 is 14.6 Å². The van der Waals surface area contributed by atoms with Crippen LogP contribution in [-0.2, 0) is 16.0 Å². The average Bonchev–Trinajstić information content (AvgIpc) is 2.68. The van der Waals surface area contributed by atoms with E-state index in [0.29, 0.717) is 0 Å². The summed E-state index contributed by atoms with van der Waals surface area (Å²) < 4.78 is 4.61. The molecule has 3 nitrogen and oxygen atoms in total. The van der Waals surface area contributed by atoms with E-state index in [1.54, 1.807) is 0 Å². The fourth-order valence-corrected chi connectivity index (χ4v) is 2.88. The Balaban J connectivity index is 1.88. The molecule has 3 aromatic carbocycles. The Kier molecular flexibility index (Phi) is 5.26. The smallest absolute Gasteiger partial charge is 0.335 e. The quantitative estimate of drug-likeness (QED) is 0.716. The number of methoxy groups -OCH3 is 1. The lowest BCUT2D eigenvalue weighted by Crippen LogP contribution is -2.24. The Labute approximate surface area is 147 Å². The highest BCUT2D eigenvalue weighted by Gasteiger charge is 2.17. The largest absolute Gasteiger partial charge is 0.467 e. The van der Waals surface area contributed by atoms with Crippen molar-refractivity contribution in [3.05, 3.63) is 84.4 Å². The molecule has 1 unspecified atom stereocenters. The molecule has 0 aliphatic rings. The average molecular weight is 332 g/mol. The molecule has 3 aromatic rings. The van der Waals surface area contributed by atoms with Crippen LogP contribution in [0.4, 0.5) is 0 Å². The molecule has 0 heterocycles. The Morgan fingerprint density at radius 2 is 1.40 bits per heavy atom. The normalized spacial score (nSPS) is 11.8. The first-order valence-corrected chi connectivity index (χ1v) is 8.18. The Morgan fingerprint density at radius 3 is 2.08 bits per heavy atom. The van der Waals surface area contributed by atoms with Crippen LogP contribution < -0.4 is 0 Å². The van der Waals surface area contributed by atoms with E-state index in [-0.39, 0.29) is 6.42 Å². The predicted octanol–water partition coefficient (Wildman–Crippen LogP) is 4.10. The first kappa shape index (κ1) is 16.9. The number of esters is 1. The zero-order valence-corrected chi connectivity index (χ0v) is 14.1. The topological polar surface area (TPSA) is 46.5 Å². The van der Waals surface area contributed by atoms with E-state index in [1.807, 2.05) is 42.5 Å². The molecular formula is C22H20O3. The number of carbonyl (C=O) groups is 1. The summed E-state index contributed by atoms with van der Waals surface area (Å²) in [6.45, 7) is 0. The van der Waals surface area contributed by atoms with Crippen LogP contribution in [0.3, 0.4) is 0 Å². The lowest BCUT2D eigenvalue weighted by atomic mass is 9.94. The Bertz CT molecular complexity index is 839. The van der Waals surface area contributed by atoms with Gasteiger partial charge in [-0.1, -0.05) is 78.9 Å². The molecule has 0 aliphatic carbocycles. The van der Waals surface area contributed by atoms with Crippen LogP contribution in [-0.4, -0.2) is 24.3 Å². The number of aliphatic hydroxyl groups is 1. The summed E-state index contributed by atoms with van der Waals surface area (Å²) in [6.07, 6.45) is -0.932. The molecule has 25 heavy (non-hydrogen) atoms. The summed E-state index contributed by atoms with van der Waals surface area (Å²) in [5.74, 6) is -0.616. The number of carbonyl (C=O) groups excluding carboxylic acids is 1. The zero-order valence-electron chi connectivity index (χ0n) is 14.1. The van der Waals surface area contributed by atoms with E-state index in [4.69, 9.17) is 0 Å². The second kappa shape index (κ2) is 7.77. The maximum absolute atomic E-state index is 11.5. The molecule has 3 rings (SSSR count). The summed E-state index contributed by atoms with van der Waals surface area (Å²) in [6, 6.07) is 26.3. The van der Waals surface area contributed by atoms with E-state index >= 15 is 0 Å². The summed E-state index contributed by atoms with van der Waals surface area (Å²) in [4.78, 5) is 11.5. The lowest BCUT2D eigenvalue weighted by molar-refractivity contribution is -0.150. The van der Waals surface area contributed by atoms with Crippen molar-refractivity contribution in [2.75, 3.05) is 7.11 Å². The van der Waals surface area contributed by atoms with Crippen LogP contribution in [0.15, 0.2) is 78.9 Å². The van der Waals surface area contributed by atoms with Crippen LogP contribution in [0, 0.1) is 0 Å². The van der Waals surface area contributed by atoms with Crippen molar-refractivity contribution >= 4 is 5.97 Å². The van der Waals surface area contributed by atoms with Gasteiger partial charge in [0.1, 0.15) is 0 Å². The van der Waals surface area contributed by atoms with Gasteiger partial charge in [-0.25, -0.2) is 4.79 Å². The van der Waals surface area contributed by atoms with Gasteiger partial charge in [-0.3, -0.25) is 0 Å². The third kappa shape index (κ3) is 3.95. The molecular weight excluding hydrogens is 312 g/mol. The number of hydrogen-bond donors (Lipinski definition) is 1. The minimum Gasteiger partial charge on any atom is -0.467 e. The second-order valence-electron chi connectivity index (χ2n) is 5.84. The van der Waals surface area contributed by atoms with E-state index in [1.165, 1.54) is 12.7 Å². The van der Waals surface area contributed by atoms with Gasteiger partial charge >= 0.3 is 5.97 Å². The zero-order chi connectivity index (χ0) is 17.6. The molecule has 0 radical (unpaired) electrons. The van der Waals surface area contributed by atoms with Gasteiger partial charge < -0.3 is 9.84 Å². The van der Waals surface area contributed by atoms with Gasteiger partial charge in [0.25, 0.3) is 0 Å². The second-order valence-corrected chi connectivity index (χ2v) is 5.84. The van der Waals surface area contributed by atoms with E-state index in [0.717, 1.165) is 22.3 Å². The number of aliphatic hydroxyl groups excluding tert-OH is 1. The molecule has 0 aliphatic heterocycles. The van der Waals surface area contributed by atoms with Gasteiger partial charge in [-0.05, 0) is 27.8 Å². The van der Waals surface area contributed by atoms with E-state index in [9.17, 15) is 9.90 Å². The van der Waals surface area contributed by atoms with Gasteiger partial charge in [-0.15, -0.1) is 0 Å². The molecule has 126 valence electrons. The lowest BCUT2D eigenvalue weighted by Gasteiger charge is -2.13. The summed E-state index contributed by atoms with van der Waals surface area (Å²) in [5, 5.41) is 9.96. The maximum Gasteiger partial charge on any atom is 0.335 e. The van der Waals surface area contributed by atoms with E-state index in [2.05, 4.69) is 41.1 Å². The summed E-state index contributed by atoms with van der Waals surface area (Å²) in [5.41, 5.74) is 5.28. The number of ether oxygens (including phenoxy) is 1. The SMILES string of the molecule is COC(=O)C(O)Cc1ccccc1-c1ccc(-c2ccccc2)cc1. The number of rotatable bonds is 5. The van der Waals surface area contributed by atoms with Crippen molar-refractivity contribution in [2.45, 2.75) is 12.5 Å². The third-order valence-electron chi connectivity index (χ3n) is 4.21. The maximum atomic E-state index is 11.5. The van der Waals surface area contributed by atoms with Crippen LogP contribution in [0.1, 0.15) is 5.56 Å². The molecule has 0 fully saturated rings.